The van der Waals surface area contributed by atoms with Gasteiger partial charge in [-0.25, -0.2) is 4.79 Å². The highest BCUT2D eigenvalue weighted by Gasteiger charge is 2.50. The number of alkyl halides is 2. The van der Waals surface area contributed by atoms with Gasteiger partial charge in [-0.1, -0.05) is 0 Å². The van der Waals surface area contributed by atoms with Crippen LogP contribution < -0.4 is 5.32 Å². The number of esters is 1. The summed E-state index contributed by atoms with van der Waals surface area (Å²) in [6, 6.07) is 0. The van der Waals surface area contributed by atoms with Gasteiger partial charge in [0.15, 0.2) is 0 Å². The van der Waals surface area contributed by atoms with E-state index in [-0.39, 0.29) is 12.6 Å². The minimum Gasteiger partial charge on any atom is -0.456 e. The Hall–Kier alpha value is -0.790. The Bertz CT molecular complexity index is 263. The Labute approximate surface area is 98.4 Å². The highest BCUT2D eigenvalue weighted by Crippen LogP contribution is 2.30. The fourth-order valence-corrected chi connectivity index (χ4v) is 1.56. The van der Waals surface area contributed by atoms with E-state index in [0.29, 0.717) is 13.2 Å². The molecule has 7 heteroatoms. The molecule has 1 aliphatic rings. The van der Waals surface area contributed by atoms with Gasteiger partial charge >= 0.3 is 11.9 Å². The molecule has 1 saturated heterocycles. The van der Waals surface area contributed by atoms with Crippen LogP contribution in [0.5, 0.6) is 0 Å². The predicted molar refractivity (Wildman–Crippen MR) is 55.0 cm³/mol. The molecular formula is C10H17F2NO4. The first-order valence-electron chi connectivity index (χ1n) is 5.31. The fourth-order valence-electron chi connectivity index (χ4n) is 1.56. The number of methoxy groups -OCH3 is 2. The normalized spacial score (nSPS) is 24.7. The van der Waals surface area contributed by atoms with Gasteiger partial charge in [-0.2, -0.15) is 8.78 Å². The molecule has 0 aromatic heterocycles. The van der Waals surface area contributed by atoms with E-state index in [4.69, 9.17) is 9.47 Å². The number of carbonyl (C=O) groups is 1. The van der Waals surface area contributed by atoms with E-state index in [2.05, 4.69) is 10.1 Å². The van der Waals surface area contributed by atoms with Crippen molar-refractivity contribution in [3.63, 3.8) is 0 Å². The first-order chi connectivity index (χ1) is 7.99. The first kappa shape index (κ1) is 14.3. The maximum Gasteiger partial charge on any atom is 0.377 e. The number of cyclic esters (lactones) is 1. The predicted octanol–water partition coefficient (Wildman–Crippen LogP) is 0.188. The number of hydrogen-bond donors (Lipinski definition) is 1. The molecule has 0 radical (unpaired) electrons. The molecule has 0 aromatic rings. The van der Waals surface area contributed by atoms with Crippen molar-refractivity contribution in [1.82, 2.24) is 5.32 Å². The lowest BCUT2D eigenvalue weighted by Crippen LogP contribution is -2.36. The van der Waals surface area contributed by atoms with Gasteiger partial charge in [0, 0.05) is 27.3 Å². The van der Waals surface area contributed by atoms with Gasteiger partial charge in [-0.05, 0) is 0 Å². The lowest BCUT2D eigenvalue weighted by Gasteiger charge is -2.16. The summed E-state index contributed by atoms with van der Waals surface area (Å²) in [7, 11) is 3.08. The van der Waals surface area contributed by atoms with E-state index < -0.39 is 24.4 Å². The van der Waals surface area contributed by atoms with Gasteiger partial charge in [-0.3, -0.25) is 0 Å². The highest BCUT2D eigenvalue weighted by atomic mass is 19.3. The van der Waals surface area contributed by atoms with Crippen molar-refractivity contribution >= 4 is 5.97 Å². The Balaban J connectivity index is 2.22. The average molecular weight is 253 g/mol. The van der Waals surface area contributed by atoms with Crippen LogP contribution in [0.3, 0.4) is 0 Å². The Morgan fingerprint density at radius 1 is 1.59 bits per heavy atom. The standard InChI is InChI=1S/C10H17F2NO4/c1-15-6-8(16-2)5-13-4-7-3-10(11,12)9(14)17-7/h7-8,13H,3-6H2,1-2H3. The molecule has 1 rings (SSSR count). The summed E-state index contributed by atoms with van der Waals surface area (Å²) in [6.45, 7) is 1.04. The molecule has 17 heavy (non-hydrogen) atoms. The molecule has 1 aliphatic heterocycles. The summed E-state index contributed by atoms with van der Waals surface area (Å²) in [5, 5.41) is 2.91. The number of nitrogens with one attached hydrogen (secondary N) is 1. The number of rotatable bonds is 7. The second-order valence-corrected chi connectivity index (χ2v) is 3.91. The molecular weight excluding hydrogens is 236 g/mol. The molecule has 1 heterocycles. The van der Waals surface area contributed by atoms with E-state index in [0.717, 1.165) is 0 Å². The molecule has 0 bridgehead atoms. The quantitative estimate of drug-likeness (QED) is 0.656. The molecule has 100 valence electrons. The van der Waals surface area contributed by atoms with E-state index in [9.17, 15) is 13.6 Å². The maximum atomic E-state index is 12.8. The summed E-state index contributed by atoms with van der Waals surface area (Å²) >= 11 is 0. The zero-order chi connectivity index (χ0) is 12.9. The van der Waals surface area contributed by atoms with Crippen molar-refractivity contribution in [3.8, 4) is 0 Å². The minimum atomic E-state index is -3.35. The summed E-state index contributed by atoms with van der Waals surface area (Å²) in [5.41, 5.74) is 0. The van der Waals surface area contributed by atoms with Gasteiger partial charge in [0.1, 0.15) is 6.10 Å². The molecule has 2 atom stereocenters. The zero-order valence-corrected chi connectivity index (χ0v) is 9.87. The van der Waals surface area contributed by atoms with Crippen molar-refractivity contribution in [2.45, 2.75) is 24.6 Å². The van der Waals surface area contributed by atoms with E-state index in [1.54, 1.807) is 7.11 Å². The molecule has 0 saturated carbocycles. The molecule has 1 fully saturated rings. The second-order valence-electron chi connectivity index (χ2n) is 3.91. The van der Waals surface area contributed by atoms with Gasteiger partial charge in [0.2, 0.25) is 0 Å². The van der Waals surface area contributed by atoms with Crippen molar-refractivity contribution in [2.75, 3.05) is 33.9 Å². The molecule has 0 aliphatic carbocycles. The zero-order valence-electron chi connectivity index (χ0n) is 9.87. The first-order valence-corrected chi connectivity index (χ1v) is 5.31. The largest absolute Gasteiger partial charge is 0.456 e. The topological polar surface area (TPSA) is 56.8 Å². The van der Waals surface area contributed by atoms with Crippen LogP contribution >= 0.6 is 0 Å². The molecule has 0 spiro atoms. The highest BCUT2D eigenvalue weighted by molar-refractivity contribution is 5.79. The maximum absolute atomic E-state index is 12.8. The van der Waals surface area contributed by atoms with Gasteiger partial charge in [-0.15, -0.1) is 0 Å². The third kappa shape index (κ3) is 4.18. The Kier molecular flexibility index (Phi) is 5.23. The summed E-state index contributed by atoms with van der Waals surface area (Å²) in [4.78, 5) is 10.7. The molecule has 5 nitrogen and oxygen atoms in total. The number of halogens is 2. The summed E-state index contributed by atoms with van der Waals surface area (Å²) in [5.74, 6) is -4.79. The fraction of sp³-hybridized carbons (Fsp3) is 0.900. The summed E-state index contributed by atoms with van der Waals surface area (Å²) < 4.78 is 40.1. The van der Waals surface area contributed by atoms with Crippen LogP contribution in [0.4, 0.5) is 8.78 Å². The average Bonchev–Trinajstić information content (AvgIpc) is 2.51. The number of hydrogen-bond acceptors (Lipinski definition) is 5. The van der Waals surface area contributed by atoms with Crippen LogP contribution in [-0.4, -0.2) is 58.0 Å². The van der Waals surface area contributed by atoms with Crippen molar-refractivity contribution < 1.29 is 27.8 Å². The lowest BCUT2D eigenvalue weighted by molar-refractivity contribution is -0.159. The van der Waals surface area contributed by atoms with Crippen LogP contribution in [0, 0.1) is 0 Å². The van der Waals surface area contributed by atoms with Crippen LogP contribution in [0.1, 0.15) is 6.42 Å². The van der Waals surface area contributed by atoms with E-state index in [1.807, 2.05) is 0 Å². The molecule has 2 unspecified atom stereocenters. The Morgan fingerprint density at radius 2 is 2.29 bits per heavy atom. The van der Waals surface area contributed by atoms with E-state index >= 15 is 0 Å². The number of carbonyl (C=O) groups excluding carboxylic acids is 1. The van der Waals surface area contributed by atoms with Gasteiger partial charge in [0.05, 0.1) is 19.1 Å². The van der Waals surface area contributed by atoms with Gasteiger partial charge < -0.3 is 19.5 Å². The monoisotopic (exact) mass is 253 g/mol. The molecule has 1 N–H and O–H groups in total. The second kappa shape index (κ2) is 6.23. The van der Waals surface area contributed by atoms with E-state index in [1.165, 1.54) is 7.11 Å². The SMILES string of the molecule is COCC(CNCC1CC(F)(F)C(=O)O1)OC. The summed E-state index contributed by atoms with van der Waals surface area (Å²) in [6.07, 6.45) is -1.50. The number of ether oxygens (including phenoxy) is 3. The van der Waals surface area contributed by atoms with Crippen LogP contribution in [-0.2, 0) is 19.0 Å². The van der Waals surface area contributed by atoms with Crippen LogP contribution in [0.15, 0.2) is 0 Å². The molecule has 0 amide bonds. The minimum absolute atomic E-state index is 0.155. The third-order valence-electron chi connectivity index (χ3n) is 2.49. The van der Waals surface area contributed by atoms with Gasteiger partial charge in [0.25, 0.3) is 0 Å². The lowest BCUT2D eigenvalue weighted by atomic mass is 10.2. The van der Waals surface area contributed by atoms with Crippen LogP contribution in [0.2, 0.25) is 0 Å². The van der Waals surface area contributed by atoms with Crippen molar-refractivity contribution in [1.29, 1.82) is 0 Å². The third-order valence-corrected chi connectivity index (χ3v) is 2.49. The Morgan fingerprint density at radius 3 is 2.76 bits per heavy atom. The molecule has 0 aromatic carbocycles. The smallest absolute Gasteiger partial charge is 0.377 e. The van der Waals surface area contributed by atoms with Crippen molar-refractivity contribution in [2.24, 2.45) is 0 Å². The van der Waals surface area contributed by atoms with Crippen molar-refractivity contribution in [3.05, 3.63) is 0 Å². The van der Waals surface area contributed by atoms with Crippen LogP contribution in [0.25, 0.3) is 0 Å².